The second-order valence-electron chi connectivity index (χ2n) is 5.20. The van der Waals surface area contributed by atoms with Crippen LogP contribution < -0.4 is 4.90 Å². The van der Waals surface area contributed by atoms with Gasteiger partial charge in [0.2, 0.25) is 0 Å². The van der Waals surface area contributed by atoms with Crippen LogP contribution in [0.5, 0.6) is 0 Å². The van der Waals surface area contributed by atoms with Gasteiger partial charge in [-0.05, 0) is 24.3 Å². The number of rotatable bonds is 3. The van der Waals surface area contributed by atoms with E-state index in [0.717, 1.165) is 0 Å². The van der Waals surface area contributed by atoms with Crippen LogP contribution in [-0.4, -0.2) is 29.0 Å². The zero-order chi connectivity index (χ0) is 17.4. The molecular weight excluding hydrogens is 351 g/mol. The summed E-state index contributed by atoms with van der Waals surface area (Å²) < 4.78 is 0. The number of aromatic carboxylic acids is 1. The van der Waals surface area contributed by atoms with Crippen LogP contribution in [0.25, 0.3) is 10.9 Å². The van der Waals surface area contributed by atoms with Crippen LogP contribution in [-0.2, 0) is 0 Å². The summed E-state index contributed by atoms with van der Waals surface area (Å²) in [5.41, 5.74) is 1.08. The predicted molar refractivity (Wildman–Crippen MR) is 94.5 cm³/mol. The number of nitrogens with one attached hydrogen (secondary N) is 1. The molecule has 2 N–H and O–H groups in total. The van der Waals surface area contributed by atoms with Gasteiger partial charge >= 0.3 is 5.97 Å². The summed E-state index contributed by atoms with van der Waals surface area (Å²) in [7, 11) is 1.52. The van der Waals surface area contributed by atoms with E-state index in [1.807, 2.05) is 0 Å². The molecule has 0 unspecified atom stereocenters. The van der Waals surface area contributed by atoms with E-state index in [9.17, 15) is 14.7 Å². The Morgan fingerprint density at radius 3 is 2.33 bits per heavy atom. The number of carbonyl (C=O) groups is 2. The first-order valence-corrected chi connectivity index (χ1v) is 7.73. The number of hydrogen-bond donors (Lipinski definition) is 2. The van der Waals surface area contributed by atoms with Crippen LogP contribution >= 0.6 is 23.2 Å². The van der Waals surface area contributed by atoms with Gasteiger partial charge < -0.3 is 15.0 Å². The molecule has 3 aromatic rings. The lowest BCUT2D eigenvalue weighted by Crippen LogP contribution is -2.27. The number of nitrogens with zero attached hydrogens (tertiary/aromatic N) is 1. The Kier molecular flexibility index (Phi) is 4.22. The number of H-pyrrole nitrogens is 1. The largest absolute Gasteiger partial charge is 0.477 e. The number of aromatic amines is 1. The highest BCUT2D eigenvalue weighted by atomic mass is 35.5. The Labute approximate surface area is 147 Å². The van der Waals surface area contributed by atoms with Gasteiger partial charge in [-0.3, -0.25) is 4.79 Å². The number of carboxylic acids is 1. The van der Waals surface area contributed by atoms with Gasteiger partial charge in [0.1, 0.15) is 5.69 Å². The van der Waals surface area contributed by atoms with Gasteiger partial charge in [-0.25, -0.2) is 4.79 Å². The maximum absolute atomic E-state index is 12.7. The Hall–Kier alpha value is -2.50. The fourth-order valence-corrected chi connectivity index (χ4v) is 2.88. The minimum absolute atomic E-state index is 0.102. The van der Waals surface area contributed by atoms with Gasteiger partial charge in [-0.1, -0.05) is 41.4 Å². The van der Waals surface area contributed by atoms with Crippen LogP contribution in [0.2, 0.25) is 10.0 Å². The van der Waals surface area contributed by atoms with Crippen LogP contribution in [0.1, 0.15) is 20.8 Å². The van der Waals surface area contributed by atoms with Crippen molar-refractivity contribution in [1.29, 1.82) is 0 Å². The number of hydrogen-bond acceptors (Lipinski definition) is 2. The van der Waals surface area contributed by atoms with Gasteiger partial charge in [0, 0.05) is 23.5 Å². The van der Waals surface area contributed by atoms with Crippen LogP contribution in [0.3, 0.4) is 0 Å². The summed E-state index contributed by atoms with van der Waals surface area (Å²) in [6.45, 7) is 0. The molecule has 0 saturated carbocycles. The lowest BCUT2D eigenvalue weighted by molar-refractivity contribution is 0.0692. The third kappa shape index (κ3) is 2.72. The molecule has 1 amide bonds. The number of carbonyl (C=O) groups excluding carboxylic acids is 1. The maximum Gasteiger partial charge on any atom is 0.354 e. The molecule has 2 aromatic carbocycles. The zero-order valence-electron chi connectivity index (χ0n) is 12.5. The molecule has 0 spiro atoms. The van der Waals surface area contributed by atoms with Crippen molar-refractivity contribution in [3.63, 3.8) is 0 Å². The Morgan fingerprint density at radius 1 is 1.08 bits per heavy atom. The number of aromatic nitrogens is 1. The van der Waals surface area contributed by atoms with E-state index >= 15 is 0 Å². The molecule has 0 radical (unpaired) electrons. The number of carboxylic acid groups (broad SMARTS) is 1. The first-order valence-electron chi connectivity index (χ1n) is 6.97. The smallest absolute Gasteiger partial charge is 0.354 e. The lowest BCUT2D eigenvalue weighted by Gasteiger charge is -2.18. The van der Waals surface area contributed by atoms with Gasteiger partial charge in [0.25, 0.3) is 5.91 Å². The number of halogens is 2. The minimum Gasteiger partial charge on any atom is -0.477 e. The molecule has 0 aliphatic carbocycles. The molecular formula is C17H12Cl2N2O3. The molecule has 0 aliphatic rings. The van der Waals surface area contributed by atoms with Crippen LogP contribution in [0, 0.1) is 0 Å². The standard InChI is InChI=1S/C17H12Cl2N2O3/c1-21(16(22)9-5-3-2-4-6-9)15-10-7-11(18)12(19)8-13(10)20-14(15)17(23)24/h2-8,20H,1H3,(H,23,24). The van der Waals surface area contributed by atoms with E-state index < -0.39 is 5.97 Å². The lowest BCUT2D eigenvalue weighted by atomic mass is 10.1. The van der Waals surface area contributed by atoms with E-state index in [0.29, 0.717) is 21.5 Å². The van der Waals surface area contributed by atoms with Gasteiger partial charge in [-0.15, -0.1) is 0 Å². The third-order valence-corrected chi connectivity index (χ3v) is 4.41. The average Bonchev–Trinajstić information content (AvgIpc) is 2.93. The molecule has 24 heavy (non-hydrogen) atoms. The molecule has 3 rings (SSSR count). The summed E-state index contributed by atoms with van der Waals surface area (Å²) in [6, 6.07) is 11.7. The monoisotopic (exact) mass is 362 g/mol. The Bertz CT molecular complexity index is 951. The molecule has 1 aromatic heterocycles. The van der Waals surface area contributed by atoms with Crippen LogP contribution in [0.15, 0.2) is 42.5 Å². The summed E-state index contributed by atoms with van der Waals surface area (Å²) in [6.07, 6.45) is 0. The van der Waals surface area contributed by atoms with Crippen molar-refractivity contribution in [2.45, 2.75) is 0 Å². The van der Waals surface area contributed by atoms with Gasteiger partial charge in [0.05, 0.1) is 15.7 Å². The number of fused-ring (bicyclic) bond motifs is 1. The highest BCUT2D eigenvalue weighted by molar-refractivity contribution is 6.43. The van der Waals surface area contributed by atoms with Crippen molar-refractivity contribution in [1.82, 2.24) is 4.98 Å². The Balaban J connectivity index is 2.20. The summed E-state index contributed by atoms with van der Waals surface area (Å²) in [5.74, 6) is -1.51. The number of amides is 1. The quantitative estimate of drug-likeness (QED) is 0.722. The fraction of sp³-hybridized carbons (Fsp3) is 0.0588. The van der Waals surface area contributed by atoms with Gasteiger partial charge in [-0.2, -0.15) is 0 Å². The Morgan fingerprint density at radius 2 is 1.71 bits per heavy atom. The van der Waals surface area contributed by atoms with Crippen molar-refractivity contribution >= 4 is 51.7 Å². The average molecular weight is 363 g/mol. The predicted octanol–water partition coefficient (Wildman–Crippen LogP) is 4.45. The second-order valence-corrected chi connectivity index (χ2v) is 6.01. The molecule has 0 bridgehead atoms. The van der Waals surface area contributed by atoms with Crippen molar-refractivity contribution in [3.05, 3.63) is 63.8 Å². The molecule has 0 atom stereocenters. The summed E-state index contributed by atoms with van der Waals surface area (Å²) in [4.78, 5) is 28.3. The highest BCUT2D eigenvalue weighted by Gasteiger charge is 2.25. The first kappa shape index (κ1) is 16.4. The first-order chi connectivity index (χ1) is 11.4. The highest BCUT2D eigenvalue weighted by Crippen LogP contribution is 2.36. The van der Waals surface area contributed by atoms with Crippen molar-refractivity contribution in [3.8, 4) is 0 Å². The van der Waals surface area contributed by atoms with Crippen molar-refractivity contribution in [2.24, 2.45) is 0 Å². The van der Waals surface area contributed by atoms with Crippen molar-refractivity contribution in [2.75, 3.05) is 11.9 Å². The minimum atomic E-state index is -1.18. The number of benzene rings is 2. The van der Waals surface area contributed by atoms with Gasteiger partial charge in [0.15, 0.2) is 0 Å². The van der Waals surface area contributed by atoms with E-state index in [4.69, 9.17) is 23.2 Å². The molecule has 1 heterocycles. The van der Waals surface area contributed by atoms with E-state index in [1.54, 1.807) is 36.4 Å². The SMILES string of the molecule is CN(C(=O)c1ccccc1)c1c(C(=O)O)[nH]c2cc(Cl)c(Cl)cc12. The summed E-state index contributed by atoms with van der Waals surface area (Å²) >= 11 is 12.0. The van der Waals surface area contributed by atoms with E-state index in [-0.39, 0.29) is 22.3 Å². The van der Waals surface area contributed by atoms with E-state index in [1.165, 1.54) is 18.0 Å². The molecule has 0 fully saturated rings. The van der Waals surface area contributed by atoms with Crippen molar-refractivity contribution < 1.29 is 14.7 Å². The van der Waals surface area contributed by atoms with Crippen LogP contribution in [0.4, 0.5) is 5.69 Å². The topological polar surface area (TPSA) is 73.4 Å². The normalized spacial score (nSPS) is 10.8. The molecule has 0 aliphatic heterocycles. The second kappa shape index (κ2) is 6.19. The third-order valence-electron chi connectivity index (χ3n) is 3.69. The van der Waals surface area contributed by atoms with E-state index in [2.05, 4.69) is 4.98 Å². The summed E-state index contributed by atoms with van der Waals surface area (Å²) in [5, 5.41) is 10.6. The molecule has 122 valence electrons. The molecule has 7 heteroatoms. The molecule has 5 nitrogen and oxygen atoms in total. The zero-order valence-corrected chi connectivity index (χ0v) is 14.0. The fourth-order valence-electron chi connectivity index (χ4n) is 2.55. The maximum atomic E-state index is 12.7. The molecule has 0 saturated heterocycles. The number of anilines is 1.